The Hall–Kier alpha value is -2.36. The van der Waals surface area contributed by atoms with E-state index in [1.165, 1.54) is 0 Å². The molecule has 0 saturated carbocycles. The normalized spacial score (nSPS) is 10.2. The van der Waals surface area contributed by atoms with Crippen LogP contribution in [0.5, 0.6) is 0 Å². The highest BCUT2D eigenvalue weighted by Crippen LogP contribution is 2.10. The first-order valence-electron chi connectivity index (χ1n) is 5.65. The average molecular weight is 242 g/mol. The Labute approximate surface area is 105 Å². The maximum Gasteiger partial charge on any atom is 0.372 e. The highest BCUT2D eigenvalue weighted by atomic mass is 16.4. The minimum absolute atomic E-state index is 0.0563. The fourth-order valence-corrected chi connectivity index (χ4v) is 1.81. The molecular weight excluding hydrogens is 228 g/mol. The maximum absolute atomic E-state index is 11.0. The second-order valence-corrected chi connectivity index (χ2v) is 3.96. The molecule has 1 aromatic heterocycles. The first-order valence-corrected chi connectivity index (χ1v) is 5.65. The number of nitrogens with zero attached hydrogens (tertiary/aromatic N) is 2. The lowest BCUT2D eigenvalue weighted by Crippen LogP contribution is -2.08. The number of carboxylic acid groups (broad SMARTS) is 1. The van der Waals surface area contributed by atoms with Crippen molar-refractivity contribution in [1.82, 2.24) is 9.55 Å². The third kappa shape index (κ3) is 2.66. The highest BCUT2D eigenvalue weighted by Gasteiger charge is 2.13. The van der Waals surface area contributed by atoms with Crippen molar-refractivity contribution in [3.63, 3.8) is 0 Å². The molecule has 2 aromatic rings. The van der Waals surface area contributed by atoms with Crippen LogP contribution in [0.3, 0.4) is 0 Å². The van der Waals surface area contributed by atoms with Gasteiger partial charge in [0.25, 0.3) is 0 Å². The van der Waals surface area contributed by atoms with E-state index >= 15 is 0 Å². The lowest BCUT2D eigenvalue weighted by molar-refractivity contribution is 0.0679. The largest absolute Gasteiger partial charge is 0.475 e. The number of rotatable bonds is 5. The van der Waals surface area contributed by atoms with Gasteiger partial charge in [0, 0.05) is 19.2 Å². The summed E-state index contributed by atoms with van der Waals surface area (Å²) >= 11 is 0. The molecule has 1 N–H and O–H groups in total. The second-order valence-electron chi connectivity index (χ2n) is 3.96. The molecule has 4 nitrogen and oxygen atoms in total. The lowest BCUT2D eigenvalue weighted by Gasteiger charge is -1.98. The molecule has 1 heterocycles. The van der Waals surface area contributed by atoms with Crippen LogP contribution in [0.1, 0.15) is 21.9 Å². The van der Waals surface area contributed by atoms with Crippen molar-refractivity contribution in [2.75, 3.05) is 0 Å². The molecule has 0 amide bonds. The molecular formula is C14H14N2O2. The van der Waals surface area contributed by atoms with Crippen LogP contribution >= 0.6 is 0 Å². The van der Waals surface area contributed by atoms with Crippen molar-refractivity contribution in [2.45, 2.75) is 13.0 Å². The number of aromatic nitrogens is 2. The molecule has 18 heavy (non-hydrogen) atoms. The summed E-state index contributed by atoms with van der Waals surface area (Å²) in [6, 6.07) is 9.84. The molecule has 1 aromatic carbocycles. The van der Waals surface area contributed by atoms with Gasteiger partial charge < -0.3 is 9.67 Å². The monoisotopic (exact) mass is 242 g/mol. The van der Waals surface area contributed by atoms with Gasteiger partial charge in [-0.15, -0.1) is 6.58 Å². The van der Waals surface area contributed by atoms with Crippen LogP contribution < -0.4 is 0 Å². The van der Waals surface area contributed by atoms with Crippen LogP contribution in [0, 0.1) is 0 Å². The summed E-state index contributed by atoms with van der Waals surface area (Å²) in [6.45, 7) is 4.06. The Morgan fingerprint density at radius 1 is 1.39 bits per heavy atom. The predicted octanol–water partition coefficient (Wildman–Crippen LogP) is 2.36. The number of imidazole rings is 1. The molecule has 0 radical (unpaired) electrons. The molecule has 0 bridgehead atoms. The molecule has 0 spiro atoms. The van der Waals surface area contributed by atoms with Crippen LogP contribution in [0.15, 0.2) is 49.2 Å². The maximum atomic E-state index is 11.0. The molecule has 92 valence electrons. The fourth-order valence-electron chi connectivity index (χ4n) is 1.81. The molecule has 4 heteroatoms. The molecule has 0 aliphatic rings. The van der Waals surface area contributed by atoms with Crippen molar-refractivity contribution in [2.24, 2.45) is 0 Å². The minimum Gasteiger partial charge on any atom is -0.475 e. The van der Waals surface area contributed by atoms with Crippen LogP contribution in [-0.4, -0.2) is 20.6 Å². The van der Waals surface area contributed by atoms with E-state index in [2.05, 4.69) is 11.6 Å². The lowest BCUT2D eigenvalue weighted by atomic mass is 10.1. The van der Waals surface area contributed by atoms with Crippen molar-refractivity contribution >= 4 is 5.97 Å². The van der Waals surface area contributed by atoms with Crippen LogP contribution in [-0.2, 0) is 13.0 Å². The molecule has 0 unspecified atom stereocenters. The number of allylic oxidation sites excluding steroid dienone is 1. The zero-order chi connectivity index (χ0) is 13.0. The molecule has 2 rings (SSSR count). The van der Waals surface area contributed by atoms with E-state index in [1.807, 2.05) is 30.3 Å². The van der Waals surface area contributed by atoms with E-state index in [0.29, 0.717) is 13.0 Å². The fraction of sp³-hybridized carbons (Fsp3) is 0.143. The van der Waals surface area contributed by atoms with Crippen molar-refractivity contribution < 1.29 is 9.90 Å². The van der Waals surface area contributed by atoms with Gasteiger partial charge in [-0.3, -0.25) is 0 Å². The zero-order valence-electron chi connectivity index (χ0n) is 9.91. The first-order chi connectivity index (χ1) is 8.70. The second kappa shape index (κ2) is 5.31. The summed E-state index contributed by atoms with van der Waals surface area (Å²) in [5.41, 5.74) is 1.86. The minimum atomic E-state index is -1.02. The van der Waals surface area contributed by atoms with E-state index < -0.39 is 5.97 Å². The summed E-state index contributed by atoms with van der Waals surface area (Å²) < 4.78 is 1.59. The van der Waals surface area contributed by atoms with Crippen molar-refractivity contribution in [1.29, 1.82) is 0 Å². The number of hydrogen-bond donors (Lipinski definition) is 1. The van der Waals surface area contributed by atoms with E-state index in [9.17, 15) is 4.79 Å². The number of hydrogen-bond acceptors (Lipinski definition) is 2. The van der Waals surface area contributed by atoms with Crippen LogP contribution in [0.25, 0.3) is 0 Å². The van der Waals surface area contributed by atoms with Gasteiger partial charge in [0.1, 0.15) is 0 Å². The number of aromatic carboxylic acids is 1. The topological polar surface area (TPSA) is 55.1 Å². The number of carboxylic acids is 1. The van der Waals surface area contributed by atoms with Gasteiger partial charge in [0.05, 0.1) is 5.69 Å². The third-order valence-electron chi connectivity index (χ3n) is 2.57. The zero-order valence-corrected chi connectivity index (χ0v) is 9.91. The average Bonchev–Trinajstić information content (AvgIpc) is 2.74. The predicted molar refractivity (Wildman–Crippen MR) is 68.6 cm³/mol. The number of carbonyl (C=O) groups is 1. The molecule has 0 aliphatic carbocycles. The Morgan fingerprint density at radius 3 is 2.72 bits per heavy atom. The summed E-state index contributed by atoms with van der Waals surface area (Å²) in [5.74, 6) is -0.961. The van der Waals surface area contributed by atoms with E-state index in [-0.39, 0.29) is 5.82 Å². The number of benzene rings is 1. The smallest absolute Gasteiger partial charge is 0.372 e. The Bertz CT molecular complexity index is 558. The summed E-state index contributed by atoms with van der Waals surface area (Å²) in [5, 5.41) is 9.05. The van der Waals surface area contributed by atoms with Gasteiger partial charge in [-0.25, -0.2) is 9.78 Å². The Kier molecular flexibility index (Phi) is 3.57. The van der Waals surface area contributed by atoms with Crippen LogP contribution in [0.2, 0.25) is 0 Å². The SMILES string of the molecule is C=CCn1cc(Cc2ccccc2)nc1C(=O)O. The summed E-state index contributed by atoms with van der Waals surface area (Å²) in [7, 11) is 0. The third-order valence-corrected chi connectivity index (χ3v) is 2.57. The molecule has 0 atom stereocenters. The molecule has 0 fully saturated rings. The van der Waals surface area contributed by atoms with E-state index in [1.54, 1.807) is 16.8 Å². The van der Waals surface area contributed by atoms with Gasteiger partial charge in [0.2, 0.25) is 5.82 Å². The first kappa shape index (κ1) is 12.1. The molecule has 0 aliphatic heterocycles. The standard InChI is InChI=1S/C14H14N2O2/c1-2-8-16-10-12(15-13(16)14(17)18)9-11-6-4-3-5-7-11/h2-7,10H,1,8-9H2,(H,17,18). The van der Waals surface area contributed by atoms with Crippen molar-refractivity contribution in [3.8, 4) is 0 Å². The van der Waals surface area contributed by atoms with Crippen LogP contribution in [0.4, 0.5) is 0 Å². The van der Waals surface area contributed by atoms with Crippen molar-refractivity contribution in [3.05, 3.63) is 66.3 Å². The Balaban J connectivity index is 2.26. The molecule has 0 saturated heterocycles. The van der Waals surface area contributed by atoms with E-state index in [0.717, 1.165) is 11.3 Å². The highest BCUT2D eigenvalue weighted by molar-refractivity contribution is 5.83. The summed E-state index contributed by atoms with van der Waals surface area (Å²) in [6.07, 6.45) is 4.05. The summed E-state index contributed by atoms with van der Waals surface area (Å²) in [4.78, 5) is 15.2. The van der Waals surface area contributed by atoms with E-state index in [4.69, 9.17) is 5.11 Å². The van der Waals surface area contributed by atoms with Gasteiger partial charge in [-0.05, 0) is 5.56 Å². The Morgan fingerprint density at radius 2 is 2.11 bits per heavy atom. The van der Waals surface area contributed by atoms with Gasteiger partial charge in [-0.2, -0.15) is 0 Å². The van der Waals surface area contributed by atoms with Gasteiger partial charge >= 0.3 is 5.97 Å². The van der Waals surface area contributed by atoms with Gasteiger partial charge in [-0.1, -0.05) is 36.4 Å². The quantitative estimate of drug-likeness (QED) is 0.819. The van der Waals surface area contributed by atoms with Gasteiger partial charge in [0.15, 0.2) is 0 Å².